The zero-order valence-electron chi connectivity index (χ0n) is 16.7. The summed E-state index contributed by atoms with van der Waals surface area (Å²) in [5, 5.41) is 4.25. The van der Waals surface area contributed by atoms with Gasteiger partial charge in [-0.3, -0.25) is 4.79 Å². The molecule has 0 bridgehead atoms. The number of hydrogen-bond acceptors (Lipinski definition) is 4. The molecule has 2 heterocycles. The lowest BCUT2D eigenvalue weighted by molar-refractivity contribution is 0.0601. The topological polar surface area (TPSA) is 63.9 Å². The Morgan fingerprint density at radius 1 is 1.19 bits per heavy atom. The summed E-state index contributed by atoms with van der Waals surface area (Å²) in [7, 11) is 1.33. The Bertz CT molecular complexity index is 802. The van der Waals surface area contributed by atoms with Gasteiger partial charge in [-0.1, -0.05) is 27.7 Å². The van der Waals surface area contributed by atoms with Gasteiger partial charge in [0.15, 0.2) is 0 Å². The molecule has 2 aromatic rings. The number of carbonyl (C=O) groups is 2. The first kappa shape index (κ1) is 21.4. The predicted molar refractivity (Wildman–Crippen MR) is 109 cm³/mol. The summed E-state index contributed by atoms with van der Waals surface area (Å²) >= 11 is 3.30. The molecule has 0 aliphatic rings. The molecule has 2 aromatic heterocycles. The van der Waals surface area contributed by atoms with Crippen LogP contribution < -0.4 is 0 Å². The number of aromatic nitrogens is 2. The average Bonchev–Trinajstić information content (AvgIpc) is 2.95. The molecule has 0 aliphatic heterocycles. The molecule has 0 aliphatic carbocycles. The molecule has 6 nitrogen and oxygen atoms in total. The third kappa shape index (κ3) is 5.31. The van der Waals surface area contributed by atoms with Crippen molar-refractivity contribution in [3.63, 3.8) is 0 Å². The Morgan fingerprint density at radius 2 is 1.78 bits per heavy atom. The van der Waals surface area contributed by atoms with Crippen molar-refractivity contribution in [2.24, 2.45) is 11.8 Å². The second-order valence-corrected chi connectivity index (χ2v) is 8.31. The fraction of sp³-hybridized carbons (Fsp3) is 0.550. The molecule has 27 heavy (non-hydrogen) atoms. The minimum Gasteiger partial charge on any atom is -0.465 e. The number of fused-ring (bicyclic) bond motifs is 1. The van der Waals surface area contributed by atoms with E-state index in [0.29, 0.717) is 33.1 Å². The quantitative estimate of drug-likeness (QED) is 0.573. The van der Waals surface area contributed by atoms with Gasteiger partial charge in [-0.05, 0) is 52.7 Å². The monoisotopic (exact) mass is 437 g/mol. The van der Waals surface area contributed by atoms with Gasteiger partial charge in [-0.2, -0.15) is 5.10 Å². The molecule has 0 atom stereocenters. The van der Waals surface area contributed by atoms with Gasteiger partial charge in [0, 0.05) is 24.8 Å². The summed E-state index contributed by atoms with van der Waals surface area (Å²) in [6.45, 7) is 10.1. The van der Waals surface area contributed by atoms with E-state index in [9.17, 15) is 9.59 Å². The van der Waals surface area contributed by atoms with E-state index in [2.05, 4.69) is 48.7 Å². The molecular formula is C20H28BrN3O3. The molecule has 0 aromatic carbocycles. The first-order chi connectivity index (χ1) is 12.7. The van der Waals surface area contributed by atoms with Gasteiger partial charge < -0.3 is 9.64 Å². The highest BCUT2D eigenvalue weighted by atomic mass is 79.9. The molecule has 0 fully saturated rings. The third-order valence-corrected chi connectivity index (χ3v) is 5.02. The number of amides is 1. The summed E-state index contributed by atoms with van der Waals surface area (Å²) in [4.78, 5) is 27.1. The summed E-state index contributed by atoms with van der Waals surface area (Å²) in [6.07, 6.45) is 3.61. The maximum atomic E-state index is 13.1. The molecule has 148 valence electrons. The predicted octanol–water partition coefficient (Wildman–Crippen LogP) is 4.42. The molecule has 0 spiro atoms. The summed E-state index contributed by atoms with van der Waals surface area (Å²) in [5.74, 6) is 0.543. The minimum atomic E-state index is -0.488. The van der Waals surface area contributed by atoms with Gasteiger partial charge >= 0.3 is 5.97 Å². The van der Waals surface area contributed by atoms with Crippen molar-refractivity contribution in [2.45, 2.75) is 40.5 Å². The van der Waals surface area contributed by atoms with Crippen LogP contribution in [0.25, 0.3) is 5.52 Å². The normalized spacial score (nSPS) is 11.4. The smallest absolute Gasteiger partial charge is 0.342 e. The number of rotatable bonds is 8. The Balaban J connectivity index is 2.36. The standard InChI is InChI=1S/C20H28BrN3O3/c1-13(2)6-9-23(10-7-14(3)4)19(25)15-8-11-24-16(12-15)17(18(21)22-24)20(26)27-5/h8,11-14H,6-7,9-10H2,1-5H3. The fourth-order valence-electron chi connectivity index (χ4n) is 2.77. The number of carbonyl (C=O) groups excluding carboxylic acids is 2. The highest BCUT2D eigenvalue weighted by Gasteiger charge is 2.22. The maximum Gasteiger partial charge on any atom is 0.342 e. The fourth-order valence-corrected chi connectivity index (χ4v) is 3.30. The minimum absolute atomic E-state index is 0.0214. The van der Waals surface area contributed by atoms with Gasteiger partial charge in [0.05, 0.1) is 12.6 Å². The molecule has 0 N–H and O–H groups in total. The molecule has 2 rings (SSSR count). The van der Waals surface area contributed by atoms with Crippen LogP contribution in [-0.4, -0.2) is 46.6 Å². The van der Waals surface area contributed by atoms with E-state index in [1.54, 1.807) is 22.8 Å². The van der Waals surface area contributed by atoms with Gasteiger partial charge in [0.25, 0.3) is 5.91 Å². The van der Waals surface area contributed by atoms with Crippen LogP contribution in [0, 0.1) is 11.8 Å². The van der Waals surface area contributed by atoms with Crippen LogP contribution in [0.2, 0.25) is 0 Å². The van der Waals surface area contributed by atoms with E-state index in [-0.39, 0.29) is 5.91 Å². The molecule has 0 unspecified atom stereocenters. The van der Waals surface area contributed by atoms with Crippen LogP contribution in [0.15, 0.2) is 22.9 Å². The third-order valence-electron chi connectivity index (χ3n) is 4.47. The molecule has 7 heteroatoms. The zero-order valence-corrected chi connectivity index (χ0v) is 18.2. The number of methoxy groups -OCH3 is 1. The SMILES string of the molecule is COC(=O)c1c(Br)nn2ccc(C(=O)N(CCC(C)C)CCC(C)C)cc12. The lowest BCUT2D eigenvalue weighted by Crippen LogP contribution is -2.34. The van der Waals surface area contributed by atoms with Crippen molar-refractivity contribution >= 4 is 33.3 Å². The number of pyridine rings is 1. The molecule has 0 saturated heterocycles. The highest BCUT2D eigenvalue weighted by molar-refractivity contribution is 9.10. The van der Waals surface area contributed by atoms with Crippen molar-refractivity contribution < 1.29 is 14.3 Å². The molecular weight excluding hydrogens is 410 g/mol. The van der Waals surface area contributed by atoms with E-state index in [1.165, 1.54) is 7.11 Å². The van der Waals surface area contributed by atoms with Crippen molar-refractivity contribution in [1.82, 2.24) is 14.5 Å². The lowest BCUT2D eigenvalue weighted by atomic mass is 10.1. The van der Waals surface area contributed by atoms with E-state index in [0.717, 1.165) is 25.9 Å². The van der Waals surface area contributed by atoms with E-state index >= 15 is 0 Å². The summed E-state index contributed by atoms with van der Waals surface area (Å²) in [6, 6.07) is 3.46. The Labute approximate surface area is 169 Å². The second kappa shape index (κ2) is 9.35. The number of hydrogen-bond donors (Lipinski definition) is 0. The average molecular weight is 438 g/mol. The van der Waals surface area contributed by atoms with E-state index in [1.807, 2.05) is 4.90 Å². The number of ether oxygens (including phenoxy) is 1. The van der Waals surface area contributed by atoms with Gasteiger partial charge in [0.2, 0.25) is 0 Å². The van der Waals surface area contributed by atoms with Crippen LogP contribution in [-0.2, 0) is 4.74 Å². The summed E-state index contributed by atoms with van der Waals surface area (Å²) in [5.41, 5.74) is 1.42. The molecule has 0 radical (unpaired) electrons. The van der Waals surface area contributed by atoms with Crippen molar-refractivity contribution in [1.29, 1.82) is 0 Å². The van der Waals surface area contributed by atoms with Crippen LogP contribution in [0.4, 0.5) is 0 Å². The lowest BCUT2D eigenvalue weighted by Gasteiger charge is -2.24. The number of esters is 1. The zero-order chi connectivity index (χ0) is 20.1. The first-order valence-corrected chi connectivity index (χ1v) is 10.1. The molecule has 0 saturated carbocycles. The number of halogens is 1. The van der Waals surface area contributed by atoms with Gasteiger partial charge in [0.1, 0.15) is 10.2 Å². The first-order valence-electron chi connectivity index (χ1n) is 9.30. The largest absolute Gasteiger partial charge is 0.465 e. The second-order valence-electron chi connectivity index (χ2n) is 7.56. The van der Waals surface area contributed by atoms with Crippen molar-refractivity contribution in [3.05, 3.63) is 34.1 Å². The van der Waals surface area contributed by atoms with Crippen LogP contribution in [0.1, 0.15) is 61.3 Å². The van der Waals surface area contributed by atoms with Crippen LogP contribution >= 0.6 is 15.9 Å². The highest BCUT2D eigenvalue weighted by Crippen LogP contribution is 2.23. The van der Waals surface area contributed by atoms with Crippen LogP contribution in [0.5, 0.6) is 0 Å². The van der Waals surface area contributed by atoms with Crippen molar-refractivity contribution in [2.75, 3.05) is 20.2 Å². The number of nitrogens with zero attached hydrogens (tertiary/aromatic N) is 3. The Kier molecular flexibility index (Phi) is 7.41. The van der Waals surface area contributed by atoms with Gasteiger partial charge in [-0.15, -0.1) is 0 Å². The summed E-state index contributed by atoms with van der Waals surface area (Å²) < 4.78 is 6.81. The van der Waals surface area contributed by atoms with Crippen LogP contribution in [0.3, 0.4) is 0 Å². The van der Waals surface area contributed by atoms with Crippen molar-refractivity contribution in [3.8, 4) is 0 Å². The Morgan fingerprint density at radius 3 is 2.30 bits per heavy atom. The van der Waals surface area contributed by atoms with E-state index < -0.39 is 5.97 Å². The van der Waals surface area contributed by atoms with Gasteiger partial charge in [-0.25, -0.2) is 9.31 Å². The molecule has 1 amide bonds. The maximum absolute atomic E-state index is 13.1. The Hall–Kier alpha value is -1.89. The van der Waals surface area contributed by atoms with E-state index in [4.69, 9.17) is 4.74 Å².